The van der Waals surface area contributed by atoms with E-state index in [1.54, 1.807) is 6.07 Å². The summed E-state index contributed by atoms with van der Waals surface area (Å²) in [5.74, 6) is 0.625. The molecular weight excluding hydrogens is 390 g/mol. The fourth-order valence-corrected chi connectivity index (χ4v) is 6.17. The van der Waals surface area contributed by atoms with Crippen molar-refractivity contribution in [2.45, 2.75) is 37.9 Å². The van der Waals surface area contributed by atoms with Crippen LogP contribution in [0, 0.1) is 5.92 Å². The molecule has 1 saturated carbocycles. The molecule has 0 amide bonds. The minimum atomic E-state index is -0.837. The van der Waals surface area contributed by atoms with Crippen LogP contribution >= 0.6 is 0 Å². The van der Waals surface area contributed by atoms with Crippen LogP contribution in [0.25, 0.3) is 0 Å². The molecule has 21 heteroatoms. The highest BCUT2D eigenvalue weighted by molar-refractivity contribution is 8.14. The first kappa shape index (κ1) is 30.3. The molecule has 138 valence electrons. The highest BCUT2D eigenvalue weighted by Gasteiger charge is 2.48. The Kier molecular flexibility index (Phi) is 12.1. The predicted octanol–water partition coefficient (Wildman–Crippen LogP) is -4.31. The quantitative estimate of drug-likeness (QED) is 0.287. The normalized spacial score (nSPS) is 17.3. The van der Waals surface area contributed by atoms with Crippen LogP contribution in [0.15, 0.2) is 18.2 Å². The number of anilines is 2. The molecule has 0 aliphatic heterocycles. The smallest absolute Gasteiger partial charge is 0.0491 e. The monoisotopic (exact) mass is 412 g/mol. The van der Waals surface area contributed by atoms with Gasteiger partial charge in [-0.25, -0.2) is 0 Å². The maximum absolute atomic E-state index is 6.29. The minimum Gasteiger partial charge on any atom is -0.399 e. The van der Waals surface area contributed by atoms with Crippen LogP contribution < -0.4 is 11.5 Å². The van der Waals surface area contributed by atoms with Gasteiger partial charge in [-0.2, -0.15) is 0 Å². The molecule has 0 atom stereocenters. The summed E-state index contributed by atoms with van der Waals surface area (Å²) < 4.78 is 0. The van der Waals surface area contributed by atoms with E-state index in [-0.39, 0.29) is 12.3 Å². The second-order valence-electron chi connectivity index (χ2n) is 10.2. The molecule has 0 bridgehead atoms. The second kappa shape index (κ2) is 13.6. The molecule has 0 unspecified atom stereocenters. The Balaban J connectivity index is 2.31. The first-order valence-electron chi connectivity index (χ1n) is 12.0. The van der Waals surface area contributed by atoms with Gasteiger partial charge in [0, 0.05) is 146 Å². The van der Waals surface area contributed by atoms with Gasteiger partial charge in [0.25, 0.3) is 0 Å². The van der Waals surface area contributed by atoms with Crippen molar-refractivity contribution in [3.63, 3.8) is 0 Å². The lowest BCUT2D eigenvalue weighted by Crippen LogP contribution is -2.79. The van der Waals surface area contributed by atoms with Crippen molar-refractivity contribution >= 4 is 146 Å². The lowest BCUT2D eigenvalue weighted by Gasteiger charge is -2.47. The van der Waals surface area contributed by atoms with E-state index in [9.17, 15) is 0 Å². The van der Waals surface area contributed by atoms with E-state index >= 15 is 0 Å². The van der Waals surface area contributed by atoms with Gasteiger partial charge in [0.15, 0.2) is 0 Å². The van der Waals surface area contributed by atoms with Gasteiger partial charge in [-0.05, 0) is 36.1 Å². The molecule has 1 aliphatic carbocycles. The fourth-order valence-electron chi connectivity index (χ4n) is 6.17. The zero-order chi connectivity index (χ0) is 25.7. The van der Waals surface area contributed by atoms with E-state index < -0.39 is 51.1 Å². The van der Waals surface area contributed by atoms with Crippen molar-refractivity contribution in [2.75, 3.05) is 11.5 Å². The largest absolute Gasteiger partial charge is 0.399 e. The number of nitrogen functional groups attached to an aromatic ring is 2. The summed E-state index contributed by atoms with van der Waals surface area (Å²) in [5, 5.41) is 0. The molecule has 0 heterocycles. The van der Waals surface area contributed by atoms with E-state index in [2.05, 4.69) is 0 Å². The summed E-state index contributed by atoms with van der Waals surface area (Å²) >= 11 is 0. The third kappa shape index (κ3) is 8.03. The molecule has 1 fully saturated rings. The van der Waals surface area contributed by atoms with Crippen molar-refractivity contribution in [2.24, 2.45) is 5.92 Å². The summed E-state index contributed by atoms with van der Waals surface area (Å²) in [6.45, 7) is -0.252. The molecule has 2 nitrogen and oxygen atoms in total. The van der Waals surface area contributed by atoms with Crippen molar-refractivity contribution in [1.82, 2.24) is 0 Å². The molecule has 0 aromatic heterocycles. The number of rotatable bonds is 11. The van der Waals surface area contributed by atoms with Gasteiger partial charge >= 0.3 is 0 Å². The summed E-state index contributed by atoms with van der Waals surface area (Å²) in [4.78, 5) is 0. The first-order chi connectivity index (χ1) is 15.8. The van der Waals surface area contributed by atoms with Crippen LogP contribution in [0.2, 0.25) is 5.82 Å². The van der Waals surface area contributed by atoms with Crippen LogP contribution in [0.4, 0.5) is 11.4 Å². The molecule has 1 aromatic rings. The van der Waals surface area contributed by atoms with E-state index in [1.165, 1.54) is 0 Å². The third-order valence-electron chi connectivity index (χ3n) is 7.55. The lowest BCUT2D eigenvalue weighted by molar-refractivity contribution is 0.356. The maximum Gasteiger partial charge on any atom is 0.0491 e. The molecule has 34 heavy (non-hydrogen) atoms. The van der Waals surface area contributed by atoms with Gasteiger partial charge in [0.05, 0.1) is 0 Å². The van der Waals surface area contributed by atoms with E-state index in [1.807, 2.05) is 12.1 Å². The van der Waals surface area contributed by atoms with E-state index in [0.717, 1.165) is 37.7 Å². The molecule has 20 radical (unpaired) electrons. The molecular formula is C13H19B19N2. The number of nitrogens with two attached hydrogens (primary N) is 2. The maximum atomic E-state index is 6.29. The Hall–Kier alpha value is 0.0538. The van der Waals surface area contributed by atoms with Gasteiger partial charge in [-0.15, -0.1) is 0 Å². The topological polar surface area (TPSA) is 52.0 Å². The zero-order valence-corrected chi connectivity index (χ0v) is 20.0. The standard InChI is InChI=1S/C13H19B19N2/c14-25(15)30(26(16)17)24(31(27(18)19)32(28(20)21)29(22)23)11-3-1-9(2-4-11)5-10-6-12(33)8-13(34)7-10/h6-9,11H,1-5,33-34H2. The molecule has 1 aromatic carbocycles. The highest BCUT2D eigenvalue weighted by atomic mass is 14.6. The van der Waals surface area contributed by atoms with E-state index in [0.29, 0.717) is 17.3 Å². The Morgan fingerprint density at radius 1 is 0.588 bits per heavy atom. The number of hydrogen-bond acceptors (Lipinski definition) is 2. The Morgan fingerprint density at radius 3 is 1.38 bits per heavy atom. The predicted molar refractivity (Wildman–Crippen MR) is 174 cm³/mol. The van der Waals surface area contributed by atoms with Crippen LogP contribution in [-0.4, -0.2) is 135 Å². The average Bonchev–Trinajstić information content (AvgIpc) is 2.68. The van der Waals surface area contributed by atoms with Crippen molar-refractivity contribution < 1.29 is 0 Å². The Labute approximate surface area is 224 Å². The zero-order valence-electron chi connectivity index (χ0n) is 20.0. The average molecular weight is 409 g/mol. The van der Waals surface area contributed by atoms with Gasteiger partial charge < -0.3 is 11.5 Å². The SMILES string of the molecule is [B]B([B])B(B([B])[B])B(B([B])[B])B(B(B([B])[B])B([B])[B])C1CCC(Cc2cc(N)cc(N)c2)CC1. The molecule has 4 N–H and O–H groups in total. The fraction of sp³-hybridized carbons (Fsp3) is 0.538. The van der Waals surface area contributed by atoms with Crippen molar-refractivity contribution in [1.29, 1.82) is 0 Å². The van der Waals surface area contributed by atoms with Crippen LogP contribution in [0.1, 0.15) is 31.2 Å². The van der Waals surface area contributed by atoms with Gasteiger partial charge in [-0.3, -0.25) is 0 Å². The molecule has 1 aliphatic rings. The summed E-state index contributed by atoms with van der Waals surface area (Å²) in [6, 6.07) is 5.71. The summed E-state index contributed by atoms with van der Waals surface area (Å²) in [7, 11) is 61.7. The van der Waals surface area contributed by atoms with Crippen molar-refractivity contribution in [3.8, 4) is 0 Å². The summed E-state index contributed by atoms with van der Waals surface area (Å²) in [6.07, 6.45) is -0.961. The highest BCUT2D eigenvalue weighted by Crippen LogP contribution is 2.38. The second-order valence-corrected chi connectivity index (χ2v) is 10.2. The van der Waals surface area contributed by atoms with Crippen LogP contribution in [0.5, 0.6) is 0 Å². The van der Waals surface area contributed by atoms with Gasteiger partial charge in [-0.1, -0.05) is 31.5 Å². The van der Waals surface area contributed by atoms with Crippen LogP contribution in [-0.2, 0) is 6.42 Å². The third-order valence-corrected chi connectivity index (χ3v) is 7.55. The molecule has 0 spiro atoms. The minimum absolute atomic E-state index is 0.149. The number of hydrogen-bond donors (Lipinski definition) is 2. The Bertz CT molecular complexity index is 719. The van der Waals surface area contributed by atoms with Gasteiger partial charge in [0.1, 0.15) is 0 Å². The summed E-state index contributed by atoms with van der Waals surface area (Å²) in [5.41, 5.74) is 14.4. The first-order valence-corrected chi connectivity index (χ1v) is 12.0. The van der Waals surface area contributed by atoms with Crippen LogP contribution in [0.3, 0.4) is 0 Å². The van der Waals surface area contributed by atoms with E-state index in [4.69, 9.17) is 88.8 Å². The molecule has 2 rings (SSSR count). The number of benzene rings is 1. The van der Waals surface area contributed by atoms with Gasteiger partial charge in [0.2, 0.25) is 0 Å². The van der Waals surface area contributed by atoms with Crippen molar-refractivity contribution in [3.05, 3.63) is 23.8 Å². The molecule has 0 saturated heterocycles. The lowest BCUT2D eigenvalue weighted by atomic mass is 8.42. The Morgan fingerprint density at radius 2 is 1.00 bits per heavy atom.